The standard InChI is InChI=1S/C14H16BrNO2S2/c1-7-10(16)12(13(17)18-14(2,3)4)20-11(7)8-5-9(15)19-6-8/h5-6H,16H2,1-4H3. The summed E-state index contributed by atoms with van der Waals surface area (Å²) in [5.41, 5.74) is 8.07. The summed E-state index contributed by atoms with van der Waals surface area (Å²) in [5, 5.41) is 2.04. The lowest BCUT2D eigenvalue weighted by atomic mass is 10.1. The van der Waals surface area contributed by atoms with E-state index in [1.165, 1.54) is 11.3 Å². The number of nitrogen functional groups attached to an aromatic ring is 1. The zero-order valence-corrected chi connectivity index (χ0v) is 15.0. The van der Waals surface area contributed by atoms with E-state index in [0.29, 0.717) is 10.6 Å². The molecule has 0 saturated carbocycles. The van der Waals surface area contributed by atoms with Crippen LogP contribution < -0.4 is 5.73 Å². The summed E-state index contributed by atoms with van der Waals surface area (Å²) in [6.07, 6.45) is 0. The van der Waals surface area contributed by atoms with Gasteiger partial charge in [0.25, 0.3) is 0 Å². The maximum Gasteiger partial charge on any atom is 0.351 e. The van der Waals surface area contributed by atoms with Crippen LogP contribution in [0.2, 0.25) is 0 Å². The number of hydrogen-bond donors (Lipinski definition) is 1. The molecule has 0 unspecified atom stereocenters. The van der Waals surface area contributed by atoms with E-state index in [-0.39, 0.29) is 5.97 Å². The monoisotopic (exact) mass is 373 g/mol. The number of hydrogen-bond acceptors (Lipinski definition) is 5. The van der Waals surface area contributed by atoms with Crippen molar-refractivity contribution in [2.24, 2.45) is 0 Å². The van der Waals surface area contributed by atoms with Crippen LogP contribution in [0, 0.1) is 6.92 Å². The quantitative estimate of drug-likeness (QED) is 0.746. The Kier molecular flexibility index (Phi) is 4.27. The lowest BCUT2D eigenvalue weighted by Crippen LogP contribution is -2.23. The molecular weight excluding hydrogens is 358 g/mol. The van der Waals surface area contributed by atoms with E-state index in [9.17, 15) is 4.79 Å². The van der Waals surface area contributed by atoms with E-state index in [1.807, 2.05) is 39.1 Å². The molecule has 0 fully saturated rings. The fourth-order valence-corrected chi connectivity index (χ4v) is 4.02. The fraction of sp³-hybridized carbons (Fsp3) is 0.357. The fourth-order valence-electron chi connectivity index (χ4n) is 1.71. The third-order valence-electron chi connectivity index (χ3n) is 2.61. The van der Waals surface area contributed by atoms with E-state index >= 15 is 0 Å². The molecule has 6 heteroatoms. The molecule has 2 heterocycles. The smallest absolute Gasteiger partial charge is 0.351 e. The molecule has 108 valence electrons. The summed E-state index contributed by atoms with van der Waals surface area (Å²) in [6.45, 7) is 7.47. The van der Waals surface area contributed by atoms with E-state index in [1.54, 1.807) is 11.3 Å². The molecule has 0 radical (unpaired) electrons. The van der Waals surface area contributed by atoms with Crippen molar-refractivity contribution in [1.29, 1.82) is 0 Å². The third-order valence-corrected chi connectivity index (χ3v) is 5.45. The van der Waals surface area contributed by atoms with Crippen molar-refractivity contribution in [2.45, 2.75) is 33.3 Å². The summed E-state index contributed by atoms with van der Waals surface area (Å²) in [7, 11) is 0. The number of rotatable bonds is 2. The molecule has 3 nitrogen and oxygen atoms in total. The van der Waals surface area contributed by atoms with Crippen LogP contribution in [-0.4, -0.2) is 11.6 Å². The van der Waals surface area contributed by atoms with Crippen LogP contribution in [0.1, 0.15) is 36.0 Å². The number of carbonyl (C=O) groups is 1. The van der Waals surface area contributed by atoms with Crippen molar-refractivity contribution in [2.75, 3.05) is 5.73 Å². The molecule has 0 atom stereocenters. The van der Waals surface area contributed by atoms with Gasteiger partial charge in [-0.3, -0.25) is 0 Å². The number of halogens is 1. The molecular formula is C14H16BrNO2S2. The maximum atomic E-state index is 12.2. The molecule has 0 aromatic carbocycles. The van der Waals surface area contributed by atoms with Crippen LogP contribution in [0.4, 0.5) is 5.69 Å². The van der Waals surface area contributed by atoms with Gasteiger partial charge in [0, 0.05) is 15.8 Å². The molecule has 0 aliphatic rings. The summed E-state index contributed by atoms with van der Waals surface area (Å²) < 4.78 is 6.45. The number of anilines is 1. The van der Waals surface area contributed by atoms with E-state index in [4.69, 9.17) is 10.5 Å². The zero-order valence-electron chi connectivity index (χ0n) is 11.7. The van der Waals surface area contributed by atoms with Crippen LogP contribution in [0.25, 0.3) is 10.4 Å². The maximum absolute atomic E-state index is 12.2. The average molecular weight is 374 g/mol. The van der Waals surface area contributed by atoms with E-state index < -0.39 is 5.60 Å². The first-order valence-corrected chi connectivity index (χ1v) is 8.54. The number of nitrogens with two attached hydrogens (primary N) is 1. The van der Waals surface area contributed by atoms with E-state index in [0.717, 1.165) is 19.8 Å². The summed E-state index contributed by atoms with van der Waals surface area (Å²) in [4.78, 5) is 13.7. The van der Waals surface area contributed by atoms with Gasteiger partial charge < -0.3 is 10.5 Å². The Bertz CT molecular complexity index is 653. The normalized spacial score (nSPS) is 11.7. The molecule has 0 saturated heterocycles. The van der Waals surface area contributed by atoms with Crippen molar-refractivity contribution in [3.05, 3.63) is 25.7 Å². The molecule has 0 amide bonds. The first-order chi connectivity index (χ1) is 9.19. The van der Waals surface area contributed by atoms with Crippen LogP contribution in [-0.2, 0) is 4.74 Å². The largest absolute Gasteiger partial charge is 0.456 e. The molecule has 20 heavy (non-hydrogen) atoms. The summed E-state index contributed by atoms with van der Waals surface area (Å²) >= 11 is 6.44. The van der Waals surface area contributed by atoms with Crippen LogP contribution >= 0.6 is 38.6 Å². The number of thiophene rings is 2. The predicted molar refractivity (Wildman–Crippen MR) is 89.6 cm³/mol. The first kappa shape index (κ1) is 15.5. The van der Waals surface area contributed by atoms with Gasteiger partial charge >= 0.3 is 5.97 Å². The van der Waals surface area contributed by atoms with Gasteiger partial charge in [0.1, 0.15) is 10.5 Å². The highest BCUT2D eigenvalue weighted by molar-refractivity contribution is 9.11. The van der Waals surface area contributed by atoms with Gasteiger partial charge in [-0.25, -0.2) is 4.79 Å². The van der Waals surface area contributed by atoms with Gasteiger partial charge in [-0.1, -0.05) is 0 Å². The van der Waals surface area contributed by atoms with Crippen LogP contribution in [0.3, 0.4) is 0 Å². The molecule has 2 aromatic heterocycles. The minimum absolute atomic E-state index is 0.358. The molecule has 0 spiro atoms. The molecule has 0 aliphatic carbocycles. The van der Waals surface area contributed by atoms with Crippen molar-refractivity contribution in [3.63, 3.8) is 0 Å². The van der Waals surface area contributed by atoms with E-state index in [2.05, 4.69) is 15.9 Å². The van der Waals surface area contributed by atoms with Gasteiger partial charge in [0.05, 0.1) is 9.47 Å². The van der Waals surface area contributed by atoms with Crippen LogP contribution in [0.5, 0.6) is 0 Å². The molecule has 2 N–H and O–H groups in total. The van der Waals surface area contributed by atoms with Crippen molar-refractivity contribution in [3.8, 4) is 10.4 Å². The predicted octanol–water partition coefficient (Wildman–Crippen LogP) is 5.09. The second kappa shape index (κ2) is 5.50. The Balaban J connectivity index is 2.40. The Morgan fingerprint density at radius 1 is 1.40 bits per heavy atom. The van der Waals surface area contributed by atoms with Gasteiger partial charge in [0.15, 0.2) is 0 Å². The number of esters is 1. The molecule has 2 aromatic rings. The Morgan fingerprint density at radius 3 is 2.55 bits per heavy atom. The highest BCUT2D eigenvalue weighted by atomic mass is 79.9. The lowest BCUT2D eigenvalue weighted by Gasteiger charge is -2.19. The molecule has 0 aliphatic heterocycles. The van der Waals surface area contributed by atoms with Crippen molar-refractivity contribution in [1.82, 2.24) is 0 Å². The van der Waals surface area contributed by atoms with Crippen molar-refractivity contribution < 1.29 is 9.53 Å². The minimum atomic E-state index is -0.521. The summed E-state index contributed by atoms with van der Waals surface area (Å²) in [5.74, 6) is -0.358. The third kappa shape index (κ3) is 3.24. The van der Waals surface area contributed by atoms with Crippen LogP contribution in [0.15, 0.2) is 15.2 Å². The number of ether oxygens (including phenoxy) is 1. The zero-order chi connectivity index (χ0) is 15.1. The van der Waals surface area contributed by atoms with Crippen molar-refractivity contribution >= 4 is 50.3 Å². The van der Waals surface area contributed by atoms with Gasteiger partial charge in [0.2, 0.25) is 0 Å². The second-order valence-electron chi connectivity index (χ2n) is 5.44. The first-order valence-electron chi connectivity index (χ1n) is 6.05. The number of carbonyl (C=O) groups excluding carboxylic acids is 1. The topological polar surface area (TPSA) is 52.3 Å². The highest BCUT2D eigenvalue weighted by Gasteiger charge is 2.24. The lowest BCUT2D eigenvalue weighted by molar-refractivity contribution is 0.00763. The van der Waals surface area contributed by atoms with Gasteiger partial charge in [-0.15, -0.1) is 22.7 Å². The minimum Gasteiger partial charge on any atom is -0.456 e. The molecule has 2 rings (SSSR count). The highest BCUT2D eigenvalue weighted by Crippen LogP contribution is 2.41. The van der Waals surface area contributed by atoms with Gasteiger partial charge in [-0.05, 0) is 55.3 Å². The molecule has 0 bridgehead atoms. The Morgan fingerprint density at radius 2 is 2.05 bits per heavy atom. The Hall–Kier alpha value is -0.850. The Labute approximate surface area is 134 Å². The second-order valence-corrected chi connectivity index (χ2v) is 8.75. The average Bonchev–Trinajstić information content (AvgIpc) is 2.83. The SMILES string of the molecule is Cc1c(-c2csc(Br)c2)sc(C(=O)OC(C)(C)C)c1N. The van der Waals surface area contributed by atoms with Gasteiger partial charge in [-0.2, -0.15) is 0 Å². The summed E-state index contributed by atoms with van der Waals surface area (Å²) in [6, 6.07) is 2.03.